The molecule has 5 heteroatoms. The van der Waals surface area contributed by atoms with Gasteiger partial charge in [-0.05, 0) is 25.7 Å². The summed E-state index contributed by atoms with van der Waals surface area (Å²) in [5, 5.41) is 7.01. The van der Waals surface area contributed by atoms with Crippen LogP contribution in [0, 0.1) is 0 Å². The summed E-state index contributed by atoms with van der Waals surface area (Å²) in [6.07, 6.45) is 5.59. The van der Waals surface area contributed by atoms with Crippen LogP contribution in [0.2, 0.25) is 0 Å². The molecule has 16 heavy (non-hydrogen) atoms. The minimum atomic E-state index is 0.269. The van der Waals surface area contributed by atoms with Crippen molar-refractivity contribution in [2.75, 3.05) is 18.5 Å². The molecule has 1 N–H and O–H groups in total. The van der Waals surface area contributed by atoms with Crippen molar-refractivity contribution in [2.45, 2.75) is 45.1 Å². The van der Waals surface area contributed by atoms with E-state index in [0.717, 1.165) is 38.2 Å². The molecule has 0 aromatic carbocycles. The van der Waals surface area contributed by atoms with Crippen LogP contribution in [0.1, 0.15) is 38.4 Å². The zero-order chi connectivity index (χ0) is 11.2. The van der Waals surface area contributed by atoms with Crippen LogP contribution in [-0.2, 0) is 11.2 Å². The van der Waals surface area contributed by atoms with Crippen LogP contribution in [0.3, 0.4) is 0 Å². The Bertz CT molecular complexity index is 308. The Morgan fingerprint density at radius 1 is 1.44 bits per heavy atom. The highest BCUT2D eigenvalue weighted by Crippen LogP contribution is 2.16. The molecule has 2 heterocycles. The zero-order valence-electron chi connectivity index (χ0n) is 9.74. The number of ether oxygens (including phenoxy) is 1. The summed E-state index contributed by atoms with van der Waals surface area (Å²) in [6, 6.07) is 0.521. The fraction of sp³-hybridized carbons (Fsp3) is 0.818. The van der Waals surface area contributed by atoms with Gasteiger partial charge in [-0.25, -0.2) is 0 Å². The second-order valence-corrected chi connectivity index (χ2v) is 4.14. The first-order chi connectivity index (χ1) is 7.88. The van der Waals surface area contributed by atoms with Gasteiger partial charge in [0, 0.05) is 19.6 Å². The van der Waals surface area contributed by atoms with E-state index in [4.69, 9.17) is 9.26 Å². The zero-order valence-corrected chi connectivity index (χ0v) is 9.74. The lowest BCUT2D eigenvalue weighted by Gasteiger charge is -2.20. The second-order valence-electron chi connectivity index (χ2n) is 4.14. The van der Waals surface area contributed by atoms with Crippen molar-refractivity contribution in [1.29, 1.82) is 0 Å². The number of nitrogens with zero attached hydrogens (tertiary/aromatic N) is 2. The van der Waals surface area contributed by atoms with Crippen LogP contribution < -0.4 is 5.32 Å². The topological polar surface area (TPSA) is 60.2 Å². The van der Waals surface area contributed by atoms with E-state index in [1.165, 1.54) is 12.8 Å². The number of rotatable bonds is 5. The van der Waals surface area contributed by atoms with Crippen molar-refractivity contribution in [1.82, 2.24) is 10.1 Å². The lowest BCUT2D eigenvalue weighted by molar-refractivity contribution is 0.0153. The third-order valence-electron chi connectivity index (χ3n) is 2.68. The average molecular weight is 225 g/mol. The van der Waals surface area contributed by atoms with Gasteiger partial charge in [0.15, 0.2) is 5.82 Å². The highest BCUT2D eigenvalue weighted by Gasteiger charge is 2.17. The van der Waals surface area contributed by atoms with E-state index in [-0.39, 0.29) is 6.10 Å². The van der Waals surface area contributed by atoms with Crippen LogP contribution >= 0.6 is 0 Å². The van der Waals surface area contributed by atoms with E-state index < -0.39 is 0 Å². The predicted molar refractivity (Wildman–Crippen MR) is 60.4 cm³/mol. The molecule has 1 fully saturated rings. The summed E-state index contributed by atoms with van der Waals surface area (Å²) in [6.45, 7) is 3.82. The van der Waals surface area contributed by atoms with Crippen molar-refractivity contribution in [3.05, 3.63) is 5.82 Å². The molecule has 0 radical (unpaired) electrons. The standard InChI is InChI=1S/C11H19N3O2/c1-2-6-12-11-13-10(14-16-11)8-9-5-3-4-7-15-9/h9H,2-8H2,1H3,(H,12,13,14). The minimum absolute atomic E-state index is 0.269. The fourth-order valence-electron chi connectivity index (χ4n) is 1.81. The molecule has 1 atom stereocenters. The molecule has 0 saturated carbocycles. The maximum atomic E-state index is 5.63. The van der Waals surface area contributed by atoms with Gasteiger partial charge in [-0.1, -0.05) is 12.1 Å². The highest BCUT2D eigenvalue weighted by molar-refractivity contribution is 5.17. The van der Waals surface area contributed by atoms with E-state index in [2.05, 4.69) is 22.4 Å². The van der Waals surface area contributed by atoms with Crippen molar-refractivity contribution >= 4 is 6.01 Å². The van der Waals surface area contributed by atoms with Crippen LogP contribution in [-0.4, -0.2) is 29.4 Å². The molecule has 0 amide bonds. The summed E-state index contributed by atoms with van der Waals surface area (Å²) >= 11 is 0. The van der Waals surface area contributed by atoms with E-state index in [9.17, 15) is 0 Å². The van der Waals surface area contributed by atoms with Gasteiger partial charge in [0.25, 0.3) is 0 Å². The summed E-state index contributed by atoms with van der Waals surface area (Å²) < 4.78 is 10.7. The molecule has 2 rings (SSSR count). The maximum Gasteiger partial charge on any atom is 0.321 e. The van der Waals surface area contributed by atoms with Gasteiger partial charge < -0.3 is 14.6 Å². The van der Waals surface area contributed by atoms with Gasteiger partial charge in [-0.3, -0.25) is 0 Å². The van der Waals surface area contributed by atoms with E-state index in [1.54, 1.807) is 0 Å². The van der Waals surface area contributed by atoms with Crippen molar-refractivity contribution < 1.29 is 9.26 Å². The summed E-state index contributed by atoms with van der Waals surface area (Å²) in [4.78, 5) is 4.27. The van der Waals surface area contributed by atoms with E-state index in [0.29, 0.717) is 6.01 Å². The molecule has 0 bridgehead atoms. The van der Waals surface area contributed by atoms with Gasteiger partial charge in [-0.2, -0.15) is 4.98 Å². The van der Waals surface area contributed by atoms with E-state index in [1.807, 2.05) is 0 Å². The third kappa shape index (κ3) is 3.20. The fourth-order valence-corrected chi connectivity index (χ4v) is 1.81. The molecule has 1 unspecified atom stereocenters. The Morgan fingerprint density at radius 3 is 3.12 bits per heavy atom. The van der Waals surface area contributed by atoms with Crippen molar-refractivity contribution in [3.8, 4) is 0 Å². The number of hydrogen-bond acceptors (Lipinski definition) is 5. The smallest absolute Gasteiger partial charge is 0.321 e. The predicted octanol–water partition coefficient (Wildman–Crippen LogP) is 2.00. The SMILES string of the molecule is CCCNc1nc(CC2CCCCO2)no1. The number of hydrogen-bond donors (Lipinski definition) is 1. The molecule has 0 aliphatic carbocycles. The Morgan fingerprint density at radius 2 is 2.38 bits per heavy atom. The Labute approximate surface area is 95.6 Å². The minimum Gasteiger partial charge on any atom is -0.378 e. The van der Waals surface area contributed by atoms with Gasteiger partial charge in [0.2, 0.25) is 0 Å². The second kappa shape index (κ2) is 5.84. The van der Waals surface area contributed by atoms with Crippen LogP contribution in [0.25, 0.3) is 0 Å². The number of aromatic nitrogens is 2. The normalized spacial score (nSPS) is 20.9. The molecule has 1 aromatic heterocycles. The molecule has 1 saturated heterocycles. The lowest BCUT2D eigenvalue weighted by atomic mass is 10.1. The van der Waals surface area contributed by atoms with Gasteiger partial charge in [0.05, 0.1) is 6.10 Å². The molecule has 90 valence electrons. The van der Waals surface area contributed by atoms with Crippen LogP contribution in [0.5, 0.6) is 0 Å². The number of nitrogens with one attached hydrogen (secondary N) is 1. The number of anilines is 1. The molecule has 1 aliphatic heterocycles. The Kier molecular flexibility index (Phi) is 4.16. The Hall–Kier alpha value is -1.10. The summed E-state index contributed by atoms with van der Waals surface area (Å²) in [5.74, 6) is 0.741. The van der Waals surface area contributed by atoms with Gasteiger partial charge in [0.1, 0.15) is 0 Å². The highest BCUT2D eigenvalue weighted by atomic mass is 16.5. The van der Waals surface area contributed by atoms with Gasteiger partial charge in [-0.15, -0.1) is 0 Å². The van der Waals surface area contributed by atoms with Crippen LogP contribution in [0.4, 0.5) is 6.01 Å². The first-order valence-corrected chi connectivity index (χ1v) is 6.06. The molecule has 5 nitrogen and oxygen atoms in total. The molecule has 1 aliphatic rings. The monoisotopic (exact) mass is 225 g/mol. The van der Waals surface area contributed by atoms with E-state index >= 15 is 0 Å². The van der Waals surface area contributed by atoms with Crippen molar-refractivity contribution in [3.63, 3.8) is 0 Å². The van der Waals surface area contributed by atoms with Crippen molar-refractivity contribution in [2.24, 2.45) is 0 Å². The third-order valence-corrected chi connectivity index (χ3v) is 2.68. The first kappa shape index (κ1) is 11.4. The Balaban J connectivity index is 1.81. The largest absolute Gasteiger partial charge is 0.378 e. The first-order valence-electron chi connectivity index (χ1n) is 6.06. The summed E-state index contributed by atoms with van der Waals surface area (Å²) in [7, 11) is 0. The average Bonchev–Trinajstić information content (AvgIpc) is 2.75. The van der Waals surface area contributed by atoms with Gasteiger partial charge >= 0.3 is 6.01 Å². The molecule has 0 spiro atoms. The maximum absolute atomic E-state index is 5.63. The quantitative estimate of drug-likeness (QED) is 0.830. The molecular formula is C11H19N3O2. The lowest BCUT2D eigenvalue weighted by Crippen LogP contribution is -2.21. The molecule has 1 aromatic rings. The summed E-state index contributed by atoms with van der Waals surface area (Å²) in [5.41, 5.74) is 0. The molecular weight excluding hydrogens is 206 g/mol. The van der Waals surface area contributed by atoms with Crippen LogP contribution in [0.15, 0.2) is 4.52 Å².